The second-order valence-electron chi connectivity index (χ2n) is 4.60. The van der Waals surface area contributed by atoms with Crippen molar-refractivity contribution in [2.24, 2.45) is 0 Å². The van der Waals surface area contributed by atoms with Gasteiger partial charge >= 0.3 is 7.60 Å². The Hall–Kier alpha value is -1.20. The average Bonchev–Trinajstić information content (AvgIpc) is 2.38. The smallest absolute Gasteiger partial charge is 0.324 e. The van der Waals surface area contributed by atoms with E-state index in [2.05, 4.69) is 0 Å². The van der Waals surface area contributed by atoms with E-state index in [0.717, 1.165) is 12.0 Å². The van der Waals surface area contributed by atoms with Crippen LogP contribution in [0.4, 0.5) is 0 Å². The standard InChI is InChI=1S/C13H20NO5P/c15-13(9-5-11-20(17,18)19)14(16)10-4-8-12-6-2-1-3-7-12/h1-3,6-7,16H,4-5,8-11H2,(H2,17,18,19). The highest BCUT2D eigenvalue weighted by Gasteiger charge is 2.15. The molecule has 1 rings (SSSR count). The van der Waals surface area contributed by atoms with Gasteiger partial charge in [0.25, 0.3) is 0 Å². The monoisotopic (exact) mass is 301 g/mol. The quantitative estimate of drug-likeness (QED) is 0.386. The van der Waals surface area contributed by atoms with Crippen LogP contribution < -0.4 is 0 Å². The first kappa shape index (κ1) is 16.9. The maximum absolute atomic E-state index is 11.5. The molecule has 7 heteroatoms. The number of rotatable bonds is 8. The van der Waals surface area contributed by atoms with E-state index in [0.29, 0.717) is 11.5 Å². The molecule has 0 aliphatic heterocycles. The fourth-order valence-electron chi connectivity index (χ4n) is 1.77. The molecular formula is C13H20NO5P. The second-order valence-corrected chi connectivity index (χ2v) is 6.37. The van der Waals surface area contributed by atoms with Gasteiger partial charge in [0.1, 0.15) is 0 Å². The van der Waals surface area contributed by atoms with Gasteiger partial charge in [0.2, 0.25) is 5.91 Å². The van der Waals surface area contributed by atoms with E-state index in [1.165, 1.54) is 0 Å². The van der Waals surface area contributed by atoms with Crippen LogP contribution in [0.5, 0.6) is 0 Å². The summed E-state index contributed by atoms with van der Waals surface area (Å²) in [6, 6.07) is 9.73. The third kappa shape index (κ3) is 7.40. The predicted octanol–water partition coefficient (Wildman–Crippen LogP) is 1.79. The molecule has 0 fully saturated rings. The van der Waals surface area contributed by atoms with Crippen molar-refractivity contribution in [3.8, 4) is 0 Å². The Morgan fingerprint density at radius 1 is 1.15 bits per heavy atom. The number of hydrogen-bond donors (Lipinski definition) is 3. The van der Waals surface area contributed by atoms with E-state index in [-0.39, 0.29) is 25.5 Å². The zero-order valence-corrected chi connectivity index (χ0v) is 12.1. The van der Waals surface area contributed by atoms with Gasteiger partial charge < -0.3 is 9.79 Å². The van der Waals surface area contributed by atoms with Crippen LogP contribution in [0.3, 0.4) is 0 Å². The third-order valence-corrected chi connectivity index (χ3v) is 3.70. The first-order valence-corrected chi connectivity index (χ1v) is 8.26. The Morgan fingerprint density at radius 3 is 2.40 bits per heavy atom. The first-order valence-electron chi connectivity index (χ1n) is 6.46. The van der Waals surface area contributed by atoms with Crippen molar-refractivity contribution < 1.29 is 24.4 Å². The highest BCUT2D eigenvalue weighted by molar-refractivity contribution is 7.51. The van der Waals surface area contributed by atoms with Crippen molar-refractivity contribution in [1.82, 2.24) is 5.06 Å². The van der Waals surface area contributed by atoms with Crippen LogP contribution in [0.25, 0.3) is 0 Å². The van der Waals surface area contributed by atoms with Gasteiger partial charge in [0.05, 0.1) is 6.16 Å². The van der Waals surface area contributed by atoms with Crippen molar-refractivity contribution in [3.63, 3.8) is 0 Å². The molecule has 1 amide bonds. The summed E-state index contributed by atoms with van der Waals surface area (Å²) in [6.45, 7) is 0.212. The Morgan fingerprint density at radius 2 is 1.80 bits per heavy atom. The van der Waals surface area contributed by atoms with Crippen LogP contribution in [0.15, 0.2) is 30.3 Å². The zero-order chi connectivity index (χ0) is 15.0. The van der Waals surface area contributed by atoms with E-state index in [1.54, 1.807) is 0 Å². The van der Waals surface area contributed by atoms with Crippen LogP contribution >= 0.6 is 7.60 Å². The average molecular weight is 301 g/mol. The van der Waals surface area contributed by atoms with Crippen LogP contribution in [-0.2, 0) is 15.8 Å². The summed E-state index contributed by atoms with van der Waals surface area (Å²) >= 11 is 0. The van der Waals surface area contributed by atoms with Gasteiger partial charge in [-0.3, -0.25) is 14.6 Å². The number of amides is 1. The van der Waals surface area contributed by atoms with Crippen molar-refractivity contribution in [3.05, 3.63) is 35.9 Å². The van der Waals surface area contributed by atoms with Gasteiger partial charge in [-0.1, -0.05) is 30.3 Å². The Kier molecular flexibility index (Phi) is 6.88. The van der Waals surface area contributed by atoms with Crippen molar-refractivity contribution in [2.75, 3.05) is 12.7 Å². The fourth-order valence-corrected chi connectivity index (χ4v) is 2.34. The van der Waals surface area contributed by atoms with Gasteiger partial charge in [-0.2, -0.15) is 0 Å². The minimum Gasteiger partial charge on any atom is -0.324 e. The second kappa shape index (κ2) is 8.17. The lowest BCUT2D eigenvalue weighted by Gasteiger charge is -2.15. The minimum absolute atomic E-state index is 0.0626. The van der Waals surface area contributed by atoms with E-state index < -0.39 is 13.5 Å². The first-order chi connectivity index (χ1) is 9.38. The van der Waals surface area contributed by atoms with Crippen molar-refractivity contribution >= 4 is 13.5 Å². The summed E-state index contributed by atoms with van der Waals surface area (Å²) in [7, 11) is -4.07. The topological polar surface area (TPSA) is 98.1 Å². The molecule has 1 aromatic rings. The number of carbonyl (C=O) groups is 1. The molecule has 0 aliphatic rings. The van der Waals surface area contributed by atoms with Gasteiger partial charge in [-0.15, -0.1) is 0 Å². The number of benzene rings is 1. The van der Waals surface area contributed by atoms with Crippen LogP contribution in [-0.4, -0.2) is 38.7 Å². The molecule has 0 radical (unpaired) electrons. The van der Waals surface area contributed by atoms with Gasteiger partial charge in [0.15, 0.2) is 0 Å². The summed E-state index contributed by atoms with van der Waals surface area (Å²) in [5.41, 5.74) is 1.13. The summed E-state index contributed by atoms with van der Waals surface area (Å²) in [5, 5.41) is 10.1. The SMILES string of the molecule is O=C(CCCP(=O)(O)O)N(O)CCCc1ccccc1. The maximum Gasteiger partial charge on any atom is 0.325 e. The van der Waals surface area contributed by atoms with Crippen molar-refractivity contribution in [2.45, 2.75) is 25.7 Å². The molecule has 20 heavy (non-hydrogen) atoms. The molecule has 3 N–H and O–H groups in total. The molecule has 0 spiro atoms. The lowest BCUT2D eigenvalue weighted by atomic mass is 10.1. The van der Waals surface area contributed by atoms with Gasteiger partial charge in [-0.05, 0) is 24.8 Å². The Balaban J connectivity index is 2.20. The van der Waals surface area contributed by atoms with Crippen LogP contribution in [0, 0.1) is 0 Å². The molecule has 112 valence electrons. The summed E-state index contributed by atoms with van der Waals surface area (Å²) in [6.07, 6.45) is 1.06. The van der Waals surface area contributed by atoms with Crippen LogP contribution in [0.2, 0.25) is 0 Å². The molecule has 0 aromatic heterocycles. The molecule has 0 aliphatic carbocycles. The molecule has 1 aromatic carbocycles. The molecule has 0 atom stereocenters. The molecule has 0 saturated heterocycles. The maximum atomic E-state index is 11.5. The number of carbonyl (C=O) groups excluding carboxylic acids is 1. The van der Waals surface area contributed by atoms with Gasteiger partial charge in [0, 0.05) is 13.0 Å². The molecular weight excluding hydrogens is 281 g/mol. The fraction of sp³-hybridized carbons (Fsp3) is 0.462. The third-order valence-electron chi connectivity index (χ3n) is 2.81. The van der Waals surface area contributed by atoms with Crippen LogP contribution in [0.1, 0.15) is 24.8 Å². The highest BCUT2D eigenvalue weighted by atomic mass is 31.2. The van der Waals surface area contributed by atoms with Crippen molar-refractivity contribution in [1.29, 1.82) is 0 Å². The molecule has 0 bridgehead atoms. The zero-order valence-electron chi connectivity index (χ0n) is 11.2. The lowest BCUT2D eigenvalue weighted by molar-refractivity contribution is -0.165. The van der Waals surface area contributed by atoms with E-state index in [4.69, 9.17) is 9.79 Å². The molecule has 6 nitrogen and oxygen atoms in total. The highest BCUT2D eigenvalue weighted by Crippen LogP contribution is 2.35. The summed E-state index contributed by atoms with van der Waals surface area (Å²) in [4.78, 5) is 28.8. The number of hydrogen-bond acceptors (Lipinski definition) is 3. The summed E-state index contributed by atoms with van der Waals surface area (Å²) in [5.74, 6) is -0.508. The Bertz CT molecular complexity index is 459. The molecule has 0 unspecified atom stereocenters. The largest absolute Gasteiger partial charge is 0.325 e. The minimum atomic E-state index is -4.07. The van der Waals surface area contributed by atoms with Gasteiger partial charge in [-0.25, -0.2) is 5.06 Å². The number of hydroxylamine groups is 2. The van der Waals surface area contributed by atoms with E-state index >= 15 is 0 Å². The number of nitrogens with zero attached hydrogens (tertiary/aromatic N) is 1. The molecule has 0 heterocycles. The van der Waals surface area contributed by atoms with E-state index in [1.807, 2.05) is 30.3 Å². The lowest BCUT2D eigenvalue weighted by Crippen LogP contribution is -2.28. The number of aryl methyl sites for hydroxylation is 1. The molecule has 0 saturated carbocycles. The normalized spacial score (nSPS) is 11.3. The predicted molar refractivity (Wildman–Crippen MR) is 74.4 cm³/mol. The Labute approximate surface area is 118 Å². The summed E-state index contributed by atoms with van der Waals surface area (Å²) < 4.78 is 10.6. The van der Waals surface area contributed by atoms with E-state index in [9.17, 15) is 14.6 Å².